The van der Waals surface area contributed by atoms with Gasteiger partial charge in [-0.15, -0.1) is 0 Å². The second-order valence-electron chi connectivity index (χ2n) is 6.64. The summed E-state index contributed by atoms with van der Waals surface area (Å²) in [4.78, 5) is 5.39. The van der Waals surface area contributed by atoms with Crippen LogP contribution < -0.4 is 5.32 Å². The standard InChI is InChI=1S/C18H29N3/c1-15-7-3-4-9-17(15)18(19-2)14-20-10-6-12-21-11-5-8-16(21)13-20/h3-4,7,9,16,18-19H,5-6,8,10-14H2,1-2H3. The molecule has 0 spiro atoms. The molecule has 0 saturated carbocycles. The van der Waals surface area contributed by atoms with E-state index in [1.165, 1.54) is 56.6 Å². The number of fused-ring (bicyclic) bond motifs is 1. The molecule has 0 radical (unpaired) electrons. The predicted octanol–water partition coefficient (Wildman–Crippen LogP) is 2.43. The zero-order chi connectivity index (χ0) is 14.7. The summed E-state index contributed by atoms with van der Waals surface area (Å²) in [6.07, 6.45) is 4.11. The molecule has 1 aromatic rings. The van der Waals surface area contributed by atoms with Crippen molar-refractivity contribution in [3.8, 4) is 0 Å². The maximum absolute atomic E-state index is 3.53. The van der Waals surface area contributed by atoms with Crippen LogP contribution in [0.25, 0.3) is 0 Å². The molecule has 3 heteroatoms. The Bertz CT molecular complexity index is 460. The average Bonchev–Trinajstić information content (AvgIpc) is 2.84. The molecule has 2 fully saturated rings. The smallest absolute Gasteiger partial charge is 0.0449 e. The summed E-state index contributed by atoms with van der Waals surface area (Å²) in [7, 11) is 2.09. The van der Waals surface area contributed by atoms with Crippen molar-refractivity contribution in [1.29, 1.82) is 0 Å². The van der Waals surface area contributed by atoms with Gasteiger partial charge in [-0.25, -0.2) is 0 Å². The summed E-state index contributed by atoms with van der Waals surface area (Å²) in [5, 5.41) is 3.53. The van der Waals surface area contributed by atoms with Crippen LogP contribution >= 0.6 is 0 Å². The van der Waals surface area contributed by atoms with Crippen LogP contribution in [-0.2, 0) is 0 Å². The van der Waals surface area contributed by atoms with E-state index < -0.39 is 0 Å². The molecule has 0 aromatic heterocycles. The van der Waals surface area contributed by atoms with Gasteiger partial charge >= 0.3 is 0 Å². The van der Waals surface area contributed by atoms with Crippen molar-refractivity contribution < 1.29 is 0 Å². The maximum atomic E-state index is 3.53. The van der Waals surface area contributed by atoms with E-state index in [1.807, 2.05) is 0 Å². The fourth-order valence-electron chi connectivity index (χ4n) is 4.03. The fourth-order valence-corrected chi connectivity index (χ4v) is 4.03. The minimum absolute atomic E-state index is 0.444. The van der Waals surface area contributed by atoms with Gasteiger partial charge < -0.3 is 5.32 Å². The molecule has 0 bridgehead atoms. The average molecular weight is 287 g/mol. The van der Waals surface area contributed by atoms with Gasteiger partial charge in [-0.3, -0.25) is 9.80 Å². The Morgan fingerprint density at radius 2 is 2.00 bits per heavy atom. The molecule has 2 unspecified atom stereocenters. The van der Waals surface area contributed by atoms with E-state index >= 15 is 0 Å². The molecule has 1 aromatic carbocycles. The molecule has 3 rings (SSSR count). The fraction of sp³-hybridized carbons (Fsp3) is 0.667. The van der Waals surface area contributed by atoms with Crippen molar-refractivity contribution in [3.63, 3.8) is 0 Å². The summed E-state index contributed by atoms with van der Waals surface area (Å²) >= 11 is 0. The summed E-state index contributed by atoms with van der Waals surface area (Å²) < 4.78 is 0. The summed E-state index contributed by atoms with van der Waals surface area (Å²) in [6, 6.07) is 10.0. The predicted molar refractivity (Wildman–Crippen MR) is 88.6 cm³/mol. The first-order chi connectivity index (χ1) is 10.3. The number of hydrogen-bond donors (Lipinski definition) is 1. The van der Waals surface area contributed by atoms with Gasteiger partial charge in [-0.1, -0.05) is 24.3 Å². The third kappa shape index (κ3) is 3.47. The van der Waals surface area contributed by atoms with E-state index in [-0.39, 0.29) is 0 Å². The lowest BCUT2D eigenvalue weighted by Crippen LogP contribution is -2.40. The third-order valence-corrected chi connectivity index (χ3v) is 5.24. The summed E-state index contributed by atoms with van der Waals surface area (Å²) in [6.45, 7) is 8.48. The van der Waals surface area contributed by atoms with Crippen LogP contribution in [0.15, 0.2) is 24.3 Å². The van der Waals surface area contributed by atoms with Crippen LogP contribution in [0, 0.1) is 6.92 Å². The lowest BCUT2D eigenvalue weighted by molar-refractivity contribution is 0.207. The van der Waals surface area contributed by atoms with Crippen molar-refractivity contribution >= 4 is 0 Å². The van der Waals surface area contributed by atoms with Gasteiger partial charge in [0.25, 0.3) is 0 Å². The highest BCUT2D eigenvalue weighted by molar-refractivity contribution is 5.29. The normalized spacial score (nSPS) is 25.5. The molecule has 1 N–H and O–H groups in total. The Morgan fingerprint density at radius 1 is 1.19 bits per heavy atom. The minimum atomic E-state index is 0.444. The number of nitrogens with one attached hydrogen (secondary N) is 1. The highest BCUT2D eigenvalue weighted by atomic mass is 15.3. The first kappa shape index (κ1) is 15.0. The monoisotopic (exact) mass is 287 g/mol. The van der Waals surface area contributed by atoms with Gasteiger partial charge in [0.05, 0.1) is 0 Å². The van der Waals surface area contributed by atoms with Crippen LogP contribution in [0.5, 0.6) is 0 Å². The number of benzene rings is 1. The molecule has 0 amide bonds. The quantitative estimate of drug-likeness (QED) is 0.917. The van der Waals surface area contributed by atoms with Gasteiger partial charge in [-0.2, -0.15) is 0 Å². The first-order valence-electron chi connectivity index (χ1n) is 8.47. The van der Waals surface area contributed by atoms with E-state index in [1.54, 1.807) is 0 Å². The number of nitrogens with zero attached hydrogens (tertiary/aromatic N) is 2. The van der Waals surface area contributed by atoms with Crippen LogP contribution in [0.3, 0.4) is 0 Å². The van der Waals surface area contributed by atoms with E-state index in [9.17, 15) is 0 Å². The van der Waals surface area contributed by atoms with Crippen molar-refractivity contribution in [2.75, 3.05) is 39.8 Å². The van der Waals surface area contributed by atoms with Gasteiger partial charge in [0, 0.05) is 25.2 Å². The second kappa shape index (κ2) is 6.91. The van der Waals surface area contributed by atoms with Gasteiger partial charge in [-0.05, 0) is 64.0 Å². The molecule has 3 nitrogen and oxygen atoms in total. The molecular weight excluding hydrogens is 258 g/mol. The van der Waals surface area contributed by atoms with Crippen molar-refractivity contribution in [2.45, 2.75) is 38.3 Å². The largest absolute Gasteiger partial charge is 0.312 e. The number of rotatable bonds is 4. The number of likely N-dealkylation sites (N-methyl/N-ethyl adjacent to an activating group) is 1. The molecule has 116 valence electrons. The number of hydrogen-bond acceptors (Lipinski definition) is 3. The Balaban J connectivity index is 1.67. The molecular formula is C18H29N3. The Kier molecular flexibility index (Phi) is 4.94. The van der Waals surface area contributed by atoms with Gasteiger partial charge in [0.1, 0.15) is 0 Å². The molecule has 2 atom stereocenters. The van der Waals surface area contributed by atoms with E-state index in [0.29, 0.717) is 6.04 Å². The first-order valence-corrected chi connectivity index (χ1v) is 8.47. The van der Waals surface area contributed by atoms with Crippen molar-refractivity contribution in [3.05, 3.63) is 35.4 Å². The van der Waals surface area contributed by atoms with Crippen molar-refractivity contribution in [2.24, 2.45) is 0 Å². The summed E-state index contributed by atoms with van der Waals surface area (Å²) in [5.41, 5.74) is 2.85. The van der Waals surface area contributed by atoms with Gasteiger partial charge in [0.2, 0.25) is 0 Å². The van der Waals surface area contributed by atoms with E-state index in [4.69, 9.17) is 0 Å². The Labute approximate surface area is 129 Å². The molecule has 21 heavy (non-hydrogen) atoms. The van der Waals surface area contributed by atoms with Crippen LogP contribution in [-0.4, -0.2) is 55.6 Å². The van der Waals surface area contributed by atoms with Crippen LogP contribution in [0.2, 0.25) is 0 Å². The molecule has 2 aliphatic rings. The topological polar surface area (TPSA) is 18.5 Å². The van der Waals surface area contributed by atoms with Crippen molar-refractivity contribution in [1.82, 2.24) is 15.1 Å². The summed E-state index contributed by atoms with van der Waals surface area (Å²) in [5.74, 6) is 0. The Morgan fingerprint density at radius 3 is 2.81 bits per heavy atom. The lowest BCUT2D eigenvalue weighted by atomic mass is 10.0. The van der Waals surface area contributed by atoms with Gasteiger partial charge in [0.15, 0.2) is 0 Å². The number of aryl methyl sites for hydroxylation is 1. The van der Waals surface area contributed by atoms with E-state index in [0.717, 1.165) is 12.6 Å². The highest BCUT2D eigenvalue weighted by Crippen LogP contribution is 2.24. The van der Waals surface area contributed by atoms with Crippen LogP contribution in [0.4, 0.5) is 0 Å². The molecule has 2 heterocycles. The highest BCUT2D eigenvalue weighted by Gasteiger charge is 2.29. The van der Waals surface area contributed by atoms with E-state index in [2.05, 4.69) is 53.4 Å². The zero-order valence-electron chi connectivity index (χ0n) is 13.5. The minimum Gasteiger partial charge on any atom is -0.312 e. The maximum Gasteiger partial charge on any atom is 0.0449 e. The SMILES string of the molecule is CNC(CN1CCCN2CCCC2C1)c1ccccc1C. The second-order valence-corrected chi connectivity index (χ2v) is 6.64. The molecule has 0 aliphatic carbocycles. The third-order valence-electron chi connectivity index (χ3n) is 5.24. The Hall–Kier alpha value is -0.900. The van der Waals surface area contributed by atoms with Crippen LogP contribution in [0.1, 0.15) is 36.4 Å². The molecule has 2 aliphatic heterocycles. The molecule has 2 saturated heterocycles. The lowest BCUT2D eigenvalue weighted by Gasteiger charge is -2.29. The zero-order valence-corrected chi connectivity index (χ0v) is 13.5.